The first-order valence-corrected chi connectivity index (χ1v) is 26.4. The van der Waals surface area contributed by atoms with Crippen molar-refractivity contribution in [2.75, 3.05) is 26.4 Å². The lowest BCUT2D eigenvalue weighted by molar-refractivity contribution is -0.161. The highest BCUT2D eigenvalue weighted by Crippen LogP contribution is 2.43. The first-order valence-electron chi connectivity index (χ1n) is 24.9. The molecule has 1 heterocycles. The van der Waals surface area contributed by atoms with Crippen molar-refractivity contribution in [3.8, 4) is 0 Å². The molecular weight excluding hydrogens is 808 g/mol. The normalized spacial score (nSPS) is 17.3. The fourth-order valence-electron chi connectivity index (χ4n) is 7.21. The van der Waals surface area contributed by atoms with Gasteiger partial charge in [-0.05, 0) is 57.3 Å². The number of esters is 2. The van der Waals surface area contributed by atoms with E-state index in [1.54, 1.807) is 0 Å². The van der Waals surface area contributed by atoms with Crippen molar-refractivity contribution in [2.45, 2.75) is 238 Å². The van der Waals surface area contributed by atoms with Gasteiger partial charge in [-0.1, -0.05) is 186 Å². The Balaban J connectivity index is 2.22. The second-order valence-electron chi connectivity index (χ2n) is 17.7. The number of unbranched alkanes of at least 4 members (excludes halogenated alkanes) is 20. The number of allylic oxidation sites excluding steroid dienone is 5. The van der Waals surface area contributed by atoms with Crippen LogP contribution in [0, 0.1) is 5.92 Å². The first kappa shape index (κ1) is 58.2. The van der Waals surface area contributed by atoms with E-state index < -0.39 is 51.8 Å². The Kier molecular flexibility index (Phi) is 38.1. The van der Waals surface area contributed by atoms with Gasteiger partial charge < -0.3 is 29.3 Å². The van der Waals surface area contributed by atoms with Crippen molar-refractivity contribution in [2.24, 2.45) is 5.92 Å². The number of phosphoric ester groups is 1. The van der Waals surface area contributed by atoms with E-state index in [-0.39, 0.29) is 31.7 Å². The SMILES string of the molecule is CCCCC/C=C\C/C=C\C/C=C\CC1OC1CCCC(=O)O[C@H](COC(=O)CCCCCCCCCCCCCCCCCCCCC(C)C)COP(=O)(O)OC[C@@H](O)CO. The molecule has 0 aromatic heterocycles. The molecule has 0 aliphatic carbocycles. The third-order valence-corrected chi connectivity index (χ3v) is 12.1. The fourth-order valence-corrected chi connectivity index (χ4v) is 8.00. The molecule has 12 heteroatoms. The van der Waals surface area contributed by atoms with Crippen molar-refractivity contribution in [1.82, 2.24) is 0 Å². The van der Waals surface area contributed by atoms with Gasteiger partial charge in [0.25, 0.3) is 0 Å². The van der Waals surface area contributed by atoms with Crippen LogP contribution in [0.15, 0.2) is 36.5 Å². The van der Waals surface area contributed by atoms with Crippen LogP contribution in [0.4, 0.5) is 0 Å². The maximum absolute atomic E-state index is 12.7. The van der Waals surface area contributed by atoms with E-state index in [0.717, 1.165) is 50.9 Å². The molecule has 1 aliphatic rings. The standard InChI is InChI=1S/C50H91O11P/c1-4-5-6-7-8-9-10-20-23-26-29-32-36-47-48(61-47)37-34-39-50(54)60-46(43-59-62(55,56)58-41-45(52)40-51)42-57-49(53)38-33-30-27-24-21-18-16-14-12-11-13-15-17-19-22-25-28-31-35-44(2)3/h8-9,20,23,29,32,44-48,51-52H,4-7,10-19,21-22,24-28,30-31,33-43H2,1-3H3,(H,55,56)/b9-8-,23-20-,32-29-/t45-,46+,47?,48?/m0/s1. The number of rotatable bonds is 45. The van der Waals surface area contributed by atoms with Crippen molar-refractivity contribution in [3.63, 3.8) is 0 Å². The van der Waals surface area contributed by atoms with Crippen LogP contribution >= 0.6 is 7.82 Å². The third-order valence-electron chi connectivity index (χ3n) is 11.1. The molecule has 0 radical (unpaired) electrons. The van der Waals surface area contributed by atoms with E-state index >= 15 is 0 Å². The molecule has 5 atom stereocenters. The van der Waals surface area contributed by atoms with Gasteiger partial charge in [0.1, 0.15) is 12.7 Å². The van der Waals surface area contributed by atoms with Gasteiger partial charge in [-0.15, -0.1) is 0 Å². The third kappa shape index (κ3) is 38.6. The molecule has 1 rings (SSSR count). The average molecular weight is 899 g/mol. The molecule has 1 saturated heterocycles. The van der Waals surface area contributed by atoms with Crippen LogP contribution in [0.25, 0.3) is 0 Å². The molecule has 362 valence electrons. The van der Waals surface area contributed by atoms with Crippen LogP contribution in [0.1, 0.15) is 213 Å². The molecule has 0 spiro atoms. The number of hydrogen-bond donors (Lipinski definition) is 3. The van der Waals surface area contributed by atoms with Crippen LogP contribution in [-0.4, -0.2) is 77.9 Å². The van der Waals surface area contributed by atoms with E-state index in [1.165, 1.54) is 116 Å². The van der Waals surface area contributed by atoms with E-state index in [9.17, 15) is 24.2 Å². The summed E-state index contributed by atoms with van der Waals surface area (Å²) >= 11 is 0. The van der Waals surface area contributed by atoms with Crippen LogP contribution in [-0.2, 0) is 37.4 Å². The van der Waals surface area contributed by atoms with Gasteiger partial charge >= 0.3 is 19.8 Å². The van der Waals surface area contributed by atoms with Crippen molar-refractivity contribution in [3.05, 3.63) is 36.5 Å². The molecule has 0 aromatic rings. The van der Waals surface area contributed by atoms with Gasteiger partial charge in [0, 0.05) is 12.8 Å². The number of hydrogen-bond acceptors (Lipinski definition) is 10. The summed E-state index contributed by atoms with van der Waals surface area (Å²) in [6.45, 7) is 4.65. The Bertz CT molecular complexity index is 1210. The molecule has 3 N–H and O–H groups in total. The quantitative estimate of drug-likeness (QED) is 0.0175. The number of epoxide rings is 1. The van der Waals surface area contributed by atoms with Crippen LogP contribution in [0.2, 0.25) is 0 Å². The van der Waals surface area contributed by atoms with Gasteiger partial charge in [-0.2, -0.15) is 0 Å². The zero-order valence-electron chi connectivity index (χ0n) is 39.4. The van der Waals surface area contributed by atoms with Crippen molar-refractivity contribution >= 4 is 19.8 Å². The van der Waals surface area contributed by atoms with E-state index in [1.807, 2.05) is 0 Å². The molecule has 11 nitrogen and oxygen atoms in total. The summed E-state index contributed by atoms with van der Waals surface area (Å²) in [5, 5.41) is 18.4. The molecule has 0 bridgehead atoms. The largest absolute Gasteiger partial charge is 0.472 e. The fraction of sp³-hybridized carbons (Fsp3) is 0.840. The van der Waals surface area contributed by atoms with Gasteiger partial charge in [0.15, 0.2) is 6.10 Å². The van der Waals surface area contributed by atoms with Gasteiger partial charge in [-0.3, -0.25) is 18.6 Å². The summed E-state index contributed by atoms with van der Waals surface area (Å²) in [4.78, 5) is 35.3. The minimum absolute atomic E-state index is 0.0889. The number of ether oxygens (including phenoxy) is 3. The van der Waals surface area contributed by atoms with Crippen molar-refractivity contribution in [1.29, 1.82) is 0 Å². The summed E-state index contributed by atoms with van der Waals surface area (Å²) in [7, 11) is -4.65. The Morgan fingerprint density at radius 2 is 1.15 bits per heavy atom. The number of phosphoric acid groups is 1. The average Bonchev–Trinajstić information content (AvgIpc) is 4.00. The van der Waals surface area contributed by atoms with Gasteiger partial charge in [0.05, 0.1) is 32.0 Å². The lowest BCUT2D eigenvalue weighted by atomic mass is 10.0. The molecule has 0 saturated carbocycles. The van der Waals surface area contributed by atoms with Crippen molar-refractivity contribution < 1.29 is 52.5 Å². The number of aliphatic hydroxyl groups excluding tert-OH is 2. The highest BCUT2D eigenvalue weighted by atomic mass is 31.2. The predicted octanol–water partition coefficient (Wildman–Crippen LogP) is 12.7. The van der Waals surface area contributed by atoms with E-state index in [4.69, 9.17) is 28.4 Å². The first-order chi connectivity index (χ1) is 30.1. The monoisotopic (exact) mass is 899 g/mol. The Labute approximate surface area is 377 Å². The second-order valence-corrected chi connectivity index (χ2v) is 19.2. The highest BCUT2D eigenvalue weighted by molar-refractivity contribution is 7.47. The molecule has 0 amide bonds. The summed E-state index contributed by atoms with van der Waals surface area (Å²) in [5.74, 6) is -0.153. The highest BCUT2D eigenvalue weighted by Gasteiger charge is 2.37. The van der Waals surface area contributed by atoms with Crippen LogP contribution in [0.3, 0.4) is 0 Å². The lowest BCUT2D eigenvalue weighted by Gasteiger charge is -2.20. The summed E-state index contributed by atoms with van der Waals surface area (Å²) in [5.41, 5.74) is 0. The lowest BCUT2D eigenvalue weighted by Crippen LogP contribution is -2.30. The van der Waals surface area contributed by atoms with E-state index in [2.05, 4.69) is 57.2 Å². The number of aliphatic hydroxyl groups is 2. The minimum Gasteiger partial charge on any atom is -0.462 e. The van der Waals surface area contributed by atoms with Crippen LogP contribution < -0.4 is 0 Å². The summed E-state index contributed by atoms with van der Waals surface area (Å²) in [6.07, 6.45) is 44.2. The Morgan fingerprint density at radius 3 is 1.71 bits per heavy atom. The Hall–Kier alpha value is -1.85. The second kappa shape index (κ2) is 40.6. The maximum atomic E-state index is 12.7. The molecule has 0 aromatic carbocycles. The zero-order valence-corrected chi connectivity index (χ0v) is 40.3. The van der Waals surface area contributed by atoms with Gasteiger partial charge in [0.2, 0.25) is 0 Å². The zero-order chi connectivity index (χ0) is 45.4. The molecule has 62 heavy (non-hydrogen) atoms. The molecular formula is C50H91O11P. The van der Waals surface area contributed by atoms with Crippen LogP contribution in [0.5, 0.6) is 0 Å². The number of carbonyl (C=O) groups is 2. The Morgan fingerprint density at radius 1 is 0.629 bits per heavy atom. The molecule has 1 fully saturated rings. The van der Waals surface area contributed by atoms with Gasteiger partial charge in [-0.25, -0.2) is 4.57 Å². The predicted molar refractivity (Wildman–Crippen MR) is 251 cm³/mol. The maximum Gasteiger partial charge on any atom is 0.472 e. The topological polar surface area (TPSA) is 161 Å². The van der Waals surface area contributed by atoms with E-state index in [0.29, 0.717) is 19.3 Å². The molecule has 1 aliphatic heterocycles. The summed E-state index contributed by atoms with van der Waals surface area (Å²) < 4.78 is 38.6. The minimum atomic E-state index is -4.65. The molecule has 3 unspecified atom stereocenters. The number of carbonyl (C=O) groups excluding carboxylic acids is 2. The smallest absolute Gasteiger partial charge is 0.462 e. The summed E-state index contributed by atoms with van der Waals surface area (Å²) in [6, 6.07) is 0.